The van der Waals surface area contributed by atoms with E-state index in [9.17, 15) is 9.59 Å². The van der Waals surface area contributed by atoms with E-state index >= 15 is 0 Å². The van der Waals surface area contributed by atoms with E-state index in [4.69, 9.17) is 0 Å². The third-order valence-electron chi connectivity index (χ3n) is 5.49. The lowest BCUT2D eigenvalue weighted by molar-refractivity contribution is 0.0656. The lowest BCUT2D eigenvalue weighted by Gasteiger charge is -2.44. The number of fused-ring (bicyclic) bond motifs is 2. The minimum absolute atomic E-state index is 0.0991. The predicted molar refractivity (Wildman–Crippen MR) is 108 cm³/mol. The molecule has 0 aliphatic carbocycles. The van der Waals surface area contributed by atoms with Gasteiger partial charge in [-0.2, -0.15) is 0 Å². The number of rotatable bonds is 4. The average Bonchev–Trinajstić information content (AvgIpc) is 3.09. The maximum Gasteiger partial charge on any atom is 0.257 e. The summed E-state index contributed by atoms with van der Waals surface area (Å²) in [5.41, 5.74) is 2.22. The molecule has 1 saturated heterocycles. The van der Waals surface area contributed by atoms with Gasteiger partial charge in [0.15, 0.2) is 0 Å². The zero-order valence-electron chi connectivity index (χ0n) is 15.6. The van der Waals surface area contributed by atoms with Crippen LogP contribution in [0.4, 0.5) is 5.69 Å². The molecule has 1 fully saturated rings. The molecule has 4 rings (SSSR count). The van der Waals surface area contributed by atoms with Crippen molar-refractivity contribution in [2.45, 2.75) is 45.3 Å². The number of hydrogen-bond acceptors (Lipinski definition) is 4. The number of anilines is 1. The Morgan fingerprint density at radius 2 is 2.15 bits per heavy atom. The fourth-order valence-electron chi connectivity index (χ4n) is 4.12. The molecular formula is C21H25N3O2S. The molecule has 1 N–H and O–H groups in total. The van der Waals surface area contributed by atoms with Crippen molar-refractivity contribution in [1.29, 1.82) is 0 Å². The molecule has 5 nitrogen and oxygen atoms in total. The van der Waals surface area contributed by atoms with Crippen molar-refractivity contribution >= 4 is 28.8 Å². The SMILES string of the molecule is CCN1c2cc(C(=O)NCc3cccs3)ccc2C(=O)N2CCCCCC21. The third kappa shape index (κ3) is 3.46. The van der Waals surface area contributed by atoms with Gasteiger partial charge in [-0.15, -0.1) is 11.3 Å². The molecule has 1 atom stereocenters. The Kier molecular flexibility index (Phi) is 5.16. The fraction of sp³-hybridized carbons (Fsp3) is 0.429. The molecule has 2 aliphatic heterocycles. The number of carbonyl (C=O) groups excluding carboxylic acids is 2. The molecule has 3 heterocycles. The van der Waals surface area contributed by atoms with Crippen LogP contribution in [0, 0.1) is 0 Å². The largest absolute Gasteiger partial charge is 0.351 e. The highest BCUT2D eigenvalue weighted by Gasteiger charge is 2.37. The first-order chi connectivity index (χ1) is 13.2. The third-order valence-corrected chi connectivity index (χ3v) is 6.36. The minimum atomic E-state index is -0.0991. The number of nitrogens with one attached hydrogen (secondary N) is 1. The van der Waals surface area contributed by atoms with Crippen LogP contribution in [0.3, 0.4) is 0 Å². The van der Waals surface area contributed by atoms with Crippen LogP contribution in [0.2, 0.25) is 0 Å². The number of benzene rings is 1. The second-order valence-corrected chi connectivity index (χ2v) is 8.14. The molecule has 2 aliphatic rings. The van der Waals surface area contributed by atoms with Gasteiger partial charge >= 0.3 is 0 Å². The predicted octanol–water partition coefficient (Wildman–Crippen LogP) is 3.86. The second kappa shape index (κ2) is 7.72. The van der Waals surface area contributed by atoms with E-state index in [2.05, 4.69) is 17.1 Å². The molecule has 0 bridgehead atoms. The summed E-state index contributed by atoms with van der Waals surface area (Å²) in [4.78, 5) is 31.1. The molecule has 1 aromatic heterocycles. The van der Waals surface area contributed by atoms with Crippen molar-refractivity contribution in [3.8, 4) is 0 Å². The monoisotopic (exact) mass is 383 g/mol. The van der Waals surface area contributed by atoms with E-state index in [0.717, 1.165) is 42.9 Å². The highest BCUT2D eigenvalue weighted by molar-refractivity contribution is 7.09. The van der Waals surface area contributed by atoms with Gasteiger partial charge in [0.05, 0.1) is 17.8 Å². The van der Waals surface area contributed by atoms with Crippen LogP contribution in [0.25, 0.3) is 0 Å². The van der Waals surface area contributed by atoms with E-state index in [1.165, 1.54) is 6.42 Å². The fourth-order valence-corrected chi connectivity index (χ4v) is 4.77. The Morgan fingerprint density at radius 3 is 2.93 bits per heavy atom. The smallest absolute Gasteiger partial charge is 0.257 e. The van der Waals surface area contributed by atoms with Crippen molar-refractivity contribution in [3.63, 3.8) is 0 Å². The van der Waals surface area contributed by atoms with Crippen LogP contribution < -0.4 is 10.2 Å². The van der Waals surface area contributed by atoms with Gasteiger partial charge in [0.25, 0.3) is 11.8 Å². The number of nitrogens with zero attached hydrogens (tertiary/aromatic N) is 2. The Labute approximate surface area is 164 Å². The lowest BCUT2D eigenvalue weighted by atomic mass is 10.0. The molecular weight excluding hydrogens is 358 g/mol. The minimum Gasteiger partial charge on any atom is -0.351 e. The molecule has 142 valence electrons. The molecule has 2 amide bonds. The zero-order chi connectivity index (χ0) is 18.8. The molecule has 0 radical (unpaired) electrons. The zero-order valence-corrected chi connectivity index (χ0v) is 16.4. The van der Waals surface area contributed by atoms with Crippen molar-refractivity contribution in [1.82, 2.24) is 10.2 Å². The summed E-state index contributed by atoms with van der Waals surface area (Å²) in [6, 6.07) is 9.47. The maximum absolute atomic E-state index is 13.0. The lowest BCUT2D eigenvalue weighted by Crippen LogP contribution is -2.55. The normalized spacial score (nSPS) is 19.3. The molecule has 0 spiro atoms. The molecule has 27 heavy (non-hydrogen) atoms. The Balaban J connectivity index is 1.61. The van der Waals surface area contributed by atoms with Gasteiger partial charge in [-0.3, -0.25) is 9.59 Å². The van der Waals surface area contributed by atoms with Gasteiger partial charge in [0.1, 0.15) is 6.17 Å². The van der Waals surface area contributed by atoms with Crippen molar-refractivity contribution in [2.75, 3.05) is 18.0 Å². The highest BCUT2D eigenvalue weighted by atomic mass is 32.1. The summed E-state index contributed by atoms with van der Waals surface area (Å²) < 4.78 is 0. The van der Waals surface area contributed by atoms with Crippen LogP contribution >= 0.6 is 11.3 Å². The Bertz CT molecular complexity index is 834. The summed E-state index contributed by atoms with van der Waals surface area (Å²) in [6.45, 7) is 4.29. The molecule has 6 heteroatoms. The van der Waals surface area contributed by atoms with Crippen molar-refractivity contribution in [2.24, 2.45) is 0 Å². The van der Waals surface area contributed by atoms with Crippen LogP contribution in [0.15, 0.2) is 35.7 Å². The van der Waals surface area contributed by atoms with Gasteiger partial charge in [-0.05, 0) is 55.8 Å². The average molecular weight is 384 g/mol. The summed E-state index contributed by atoms with van der Waals surface area (Å²) in [5.74, 6) is 0.00476. The Hall–Kier alpha value is -2.34. The second-order valence-electron chi connectivity index (χ2n) is 7.11. The number of hydrogen-bond donors (Lipinski definition) is 1. The molecule has 1 aromatic carbocycles. The Morgan fingerprint density at radius 1 is 1.26 bits per heavy atom. The highest BCUT2D eigenvalue weighted by Crippen LogP contribution is 2.35. The van der Waals surface area contributed by atoms with E-state index in [0.29, 0.717) is 17.7 Å². The summed E-state index contributed by atoms with van der Waals surface area (Å²) in [5, 5.41) is 4.98. The topological polar surface area (TPSA) is 52.7 Å². The summed E-state index contributed by atoms with van der Waals surface area (Å²) in [7, 11) is 0. The van der Waals surface area contributed by atoms with Gasteiger partial charge in [0, 0.05) is 23.5 Å². The molecule has 0 saturated carbocycles. The van der Waals surface area contributed by atoms with Crippen molar-refractivity contribution < 1.29 is 9.59 Å². The van der Waals surface area contributed by atoms with E-state index in [-0.39, 0.29) is 18.0 Å². The first-order valence-electron chi connectivity index (χ1n) is 9.71. The van der Waals surface area contributed by atoms with Gasteiger partial charge in [0.2, 0.25) is 0 Å². The van der Waals surface area contributed by atoms with Crippen LogP contribution in [-0.2, 0) is 6.54 Å². The first kappa shape index (κ1) is 18.0. The maximum atomic E-state index is 13.0. The summed E-state index contributed by atoms with van der Waals surface area (Å²) in [6.07, 6.45) is 4.49. The van der Waals surface area contributed by atoms with Crippen molar-refractivity contribution in [3.05, 3.63) is 51.7 Å². The quantitative estimate of drug-likeness (QED) is 0.872. The number of amides is 2. The van der Waals surface area contributed by atoms with E-state index in [1.54, 1.807) is 17.4 Å². The molecule has 1 unspecified atom stereocenters. The standard InChI is InChI=1S/C21H25N3O2S/c1-2-23-18-13-15(20(25)22-14-16-7-6-12-27-16)9-10-17(18)21(26)24-11-5-3-4-8-19(23)24/h6-7,9-10,12-13,19H,2-5,8,11,14H2,1H3,(H,22,25). The number of carbonyl (C=O) groups is 2. The van der Waals surface area contributed by atoms with Crippen LogP contribution in [0.5, 0.6) is 0 Å². The molecule has 2 aromatic rings. The van der Waals surface area contributed by atoms with Gasteiger partial charge in [-0.1, -0.05) is 12.5 Å². The van der Waals surface area contributed by atoms with E-state index in [1.807, 2.05) is 34.5 Å². The summed E-state index contributed by atoms with van der Waals surface area (Å²) >= 11 is 1.63. The first-order valence-corrected chi connectivity index (χ1v) is 10.6. The van der Waals surface area contributed by atoms with Crippen LogP contribution in [0.1, 0.15) is 58.2 Å². The van der Waals surface area contributed by atoms with Gasteiger partial charge < -0.3 is 15.1 Å². The van der Waals surface area contributed by atoms with Crippen LogP contribution in [-0.4, -0.2) is 36.0 Å². The van der Waals surface area contributed by atoms with Gasteiger partial charge in [-0.25, -0.2) is 0 Å². The van der Waals surface area contributed by atoms with E-state index < -0.39 is 0 Å². The number of thiophene rings is 1.